The van der Waals surface area contributed by atoms with Gasteiger partial charge >= 0.3 is 6.18 Å². The summed E-state index contributed by atoms with van der Waals surface area (Å²) < 4.78 is 56.2. The molecule has 7 nitrogen and oxygen atoms in total. The summed E-state index contributed by atoms with van der Waals surface area (Å²) in [6.07, 6.45) is -1.62. The van der Waals surface area contributed by atoms with Gasteiger partial charge < -0.3 is 5.32 Å². The molecule has 0 aliphatic rings. The topological polar surface area (TPSA) is 77.6 Å². The molecule has 1 amide bonds. The first-order valence-electron chi connectivity index (χ1n) is 9.69. The van der Waals surface area contributed by atoms with Crippen molar-refractivity contribution in [2.75, 3.05) is 5.32 Å². The summed E-state index contributed by atoms with van der Waals surface area (Å²) in [5.41, 5.74) is 0.441. The number of carbonyl (C=O) groups excluding carboxylic acids is 1. The van der Waals surface area contributed by atoms with Crippen molar-refractivity contribution in [3.8, 4) is 0 Å². The highest BCUT2D eigenvalue weighted by Crippen LogP contribution is 2.36. The predicted molar refractivity (Wildman–Crippen MR) is 113 cm³/mol. The lowest BCUT2D eigenvalue weighted by Crippen LogP contribution is -2.19. The van der Waals surface area contributed by atoms with Crippen LogP contribution in [0.1, 0.15) is 22.5 Å². The Morgan fingerprint density at radius 1 is 1.21 bits per heavy atom. The standard InChI is InChI=1S/C21H17ClF4N6O/c1-11-5-16(21(24,25)26)19-12(2)30-32(20(19)28-11)10-18(33)29-15-7-27-31(9-15)8-13-3-4-14(23)6-17(13)22/h3-7,9H,8,10H2,1-2H3,(H,29,33). The number of hydrogen-bond donors (Lipinski definition) is 1. The van der Waals surface area contributed by atoms with E-state index in [1.165, 1.54) is 42.9 Å². The lowest BCUT2D eigenvalue weighted by atomic mass is 10.1. The number of aromatic nitrogens is 5. The van der Waals surface area contributed by atoms with Gasteiger partial charge in [0.15, 0.2) is 5.65 Å². The van der Waals surface area contributed by atoms with E-state index in [0.29, 0.717) is 11.3 Å². The molecule has 0 saturated heterocycles. The molecule has 0 bridgehead atoms. The van der Waals surface area contributed by atoms with Crippen LogP contribution in [0.2, 0.25) is 5.02 Å². The van der Waals surface area contributed by atoms with E-state index < -0.39 is 23.5 Å². The number of carbonyl (C=O) groups is 1. The van der Waals surface area contributed by atoms with Crippen LogP contribution in [0, 0.1) is 19.7 Å². The molecule has 0 aliphatic heterocycles. The van der Waals surface area contributed by atoms with Crippen molar-refractivity contribution in [1.29, 1.82) is 0 Å². The molecule has 4 aromatic rings. The smallest absolute Gasteiger partial charge is 0.322 e. The molecule has 33 heavy (non-hydrogen) atoms. The van der Waals surface area contributed by atoms with E-state index in [0.717, 1.165) is 10.7 Å². The highest BCUT2D eigenvalue weighted by molar-refractivity contribution is 6.31. The second-order valence-corrected chi connectivity index (χ2v) is 7.87. The van der Waals surface area contributed by atoms with Crippen molar-refractivity contribution >= 4 is 34.2 Å². The normalized spacial score (nSPS) is 11.8. The largest absolute Gasteiger partial charge is 0.417 e. The van der Waals surface area contributed by atoms with Gasteiger partial charge in [-0.1, -0.05) is 17.7 Å². The number of rotatable bonds is 5. The van der Waals surface area contributed by atoms with E-state index in [2.05, 4.69) is 20.5 Å². The summed E-state index contributed by atoms with van der Waals surface area (Å²) >= 11 is 6.02. The fourth-order valence-electron chi connectivity index (χ4n) is 3.49. The first kappa shape index (κ1) is 22.7. The third-order valence-corrected chi connectivity index (χ3v) is 5.22. The van der Waals surface area contributed by atoms with Crippen molar-refractivity contribution in [2.24, 2.45) is 0 Å². The van der Waals surface area contributed by atoms with Crippen LogP contribution >= 0.6 is 11.6 Å². The second-order valence-electron chi connectivity index (χ2n) is 7.46. The molecular formula is C21H17ClF4N6O. The third-order valence-electron chi connectivity index (χ3n) is 4.87. The average molecular weight is 481 g/mol. The number of hydrogen-bond acceptors (Lipinski definition) is 4. The number of amides is 1. The predicted octanol–water partition coefficient (Wildman–Crippen LogP) is 4.74. The van der Waals surface area contributed by atoms with Gasteiger partial charge in [0.05, 0.1) is 35.1 Å². The zero-order valence-electron chi connectivity index (χ0n) is 17.4. The molecule has 0 saturated carbocycles. The SMILES string of the molecule is Cc1cc(C(F)(F)F)c2c(C)nn(CC(=O)Nc3cnn(Cc4ccc(F)cc4Cl)c3)c2n1. The van der Waals surface area contributed by atoms with Crippen LogP contribution in [0.3, 0.4) is 0 Å². The van der Waals surface area contributed by atoms with Crippen LogP contribution < -0.4 is 5.32 Å². The number of aryl methyl sites for hydroxylation is 2. The van der Waals surface area contributed by atoms with Crippen molar-refractivity contribution < 1.29 is 22.4 Å². The first-order chi connectivity index (χ1) is 15.5. The van der Waals surface area contributed by atoms with Gasteiger partial charge in [0.25, 0.3) is 0 Å². The maximum Gasteiger partial charge on any atom is 0.417 e. The lowest BCUT2D eigenvalue weighted by Gasteiger charge is -2.10. The van der Waals surface area contributed by atoms with Crippen molar-refractivity contribution in [3.05, 3.63) is 70.0 Å². The van der Waals surface area contributed by atoms with E-state index in [4.69, 9.17) is 11.6 Å². The van der Waals surface area contributed by atoms with Crippen LogP contribution in [-0.4, -0.2) is 30.5 Å². The minimum Gasteiger partial charge on any atom is -0.322 e. The summed E-state index contributed by atoms with van der Waals surface area (Å²) in [6.45, 7) is 2.80. The zero-order valence-corrected chi connectivity index (χ0v) is 18.2. The molecule has 1 aromatic carbocycles. The van der Waals surface area contributed by atoms with Crippen molar-refractivity contribution in [1.82, 2.24) is 24.5 Å². The summed E-state index contributed by atoms with van der Waals surface area (Å²) in [5.74, 6) is -0.971. The Balaban J connectivity index is 1.51. The molecule has 0 aliphatic carbocycles. The maximum absolute atomic E-state index is 13.5. The zero-order chi connectivity index (χ0) is 23.9. The van der Waals surface area contributed by atoms with Crippen LogP contribution in [0.5, 0.6) is 0 Å². The minimum atomic E-state index is -4.57. The quantitative estimate of drug-likeness (QED) is 0.418. The van der Waals surface area contributed by atoms with Gasteiger partial charge in [-0.3, -0.25) is 9.48 Å². The average Bonchev–Trinajstić information content (AvgIpc) is 3.27. The van der Waals surface area contributed by atoms with Gasteiger partial charge in [0.1, 0.15) is 12.4 Å². The van der Waals surface area contributed by atoms with E-state index in [1.807, 2.05) is 0 Å². The molecule has 4 rings (SSSR count). The van der Waals surface area contributed by atoms with E-state index >= 15 is 0 Å². The van der Waals surface area contributed by atoms with Crippen LogP contribution in [-0.2, 0) is 24.1 Å². The molecule has 12 heteroatoms. The number of alkyl halides is 3. The summed E-state index contributed by atoms with van der Waals surface area (Å²) in [7, 11) is 0. The van der Waals surface area contributed by atoms with Gasteiger partial charge in [-0.25, -0.2) is 14.1 Å². The maximum atomic E-state index is 13.5. The fraction of sp³-hybridized carbons (Fsp3) is 0.238. The Kier molecular flexibility index (Phi) is 5.83. The minimum absolute atomic E-state index is 0.0170. The monoisotopic (exact) mass is 480 g/mol. The van der Waals surface area contributed by atoms with Gasteiger partial charge in [0.2, 0.25) is 5.91 Å². The number of benzene rings is 1. The number of fused-ring (bicyclic) bond motifs is 1. The molecule has 3 aromatic heterocycles. The molecule has 1 N–H and O–H groups in total. The molecule has 0 fully saturated rings. The molecular weight excluding hydrogens is 464 g/mol. The van der Waals surface area contributed by atoms with Crippen LogP contribution in [0.15, 0.2) is 36.7 Å². The highest BCUT2D eigenvalue weighted by atomic mass is 35.5. The van der Waals surface area contributed by atoms with E-state index in [1.54, 1.807) is 6.20 Å². The summed E-state index contributed by atoms with van der Waals surface area (Å²) in [6, 6.07) is 4.97. The molecule has 0 radical (unpaired) electrons. The molecule has 0 spiro atoms. The van der Waals surface area contributed by atoms with E-state index in [-0.39, 0.29) is 40.5 Å². The number of anilines is 1. The molecule has 172 valence electrons. The van der Waals surface area contributed by atoms with Crippen LogP contribution in [0.4, 0.5) is 23.2 Å². The first-order valence-corrected chi connectivity index (χ1v) is 10.1. The number of pyridine rings is 1. The summed E-state index contributed by atoms with van der Waals surface area (Å²) in [5, 5.41) is 11.0. The van der Waals surface area contributed by atoms with E-state index in [9.17, 15) is 22.4 Å². The molecule has 0 unspecified atom stereocenters. The Hall–Kier alpha value is -3.47. The van der Waals surface area contributed by atoms with Gasteiger partial charge in [-0.15, -0.1) is 0 Å². The Morgan fingerprint density at radius 2 is 1.97 bits per heavy atom. The van der Waals surface area contributed by atoms with Crippen LogP contribution in [0.25, 0.3) is 11.0 Å². The second kappa shape index (κ2) is 8.47. The summed E-state index contributed by atoms with van der Waals surface area (Å²) in [4.78, 5) is 16.7. The fourth-order valence-corrected chi connectivity index (χ4v) is 3.71. The van der Waals surface area contributed by atoms with Gasteiger partial charge in [-0.05, 0) is 37.6 Å². The number of nitrogens with one attached hydrogen (secondary N) is 1. The Morgan fingerprint density at radius 3 is 2.67 bits per heavy atom. The highest BCUT2D eigenvalue weighted by Gasteiger charge is 2.35. The molecule has 0 atom stereocenters. The molecule has 3 heterocycles. The number of halogens is 5. The van der Waals surface area contributed by atoms with Gasteiger partial charge in [0, 0.05) is 16.9 Å². The van der Waals surface area contributed by atoms with Crippen molar-refractivity contribution in [2.45, 2.75) is 33.1 Å². The number of nitrogens with zero attached hydrogens (tertiary/aromatic N) is 5. The Labute approximate surface area is 190 Å². The van der Waals surface area contributed by atoms with Gasteiger partial charge in [-0.2, -0.15) is 23.4 Å². The van der Waals surface area contributed by atoms with Crippen molar-refractivity contribution in [3.63, 3.8) is 0 Å². The lowest BCUT2D eigenvalue weighted by molar-refractivity contribution is -0.136. The Bertz CT molecular complexity index is 1360. The third kappa shape index (κ3) is 4.82.